The fourth-order valence-electron chi connectivity index (χ4n) is 2.50. The van der Waals surface area contributed by atoms with E-state index in [-0.39, 0.29) is 12.6 Å². The third kappa shape index (κ3) is 2.20. The Kier molecular flexibility index (Phi) is 3.37. The molecule has 2 atom stereocenters. The van der Waals surface area contributed by atoms with Crippen molar-refractivity contribution in [1.82, 2.24) is 5.32 Å². The van der Waals surface area contributed by atoms with E-state index in [4.69, 9.17) is 0 Å². The van der Waals surface area contributed by atoms with E-state index in [1.165, 1.54) is 11.1 Å². The van der Waals surface area contributed by atoms with Gasteiger partial charge in [-0.25, -0.2) is 0 Å². The van der Waals surface area contributed by atoms with Gasteiger partial charge in [-0.05, 0) is 36.9 Å². The molecule has 0 aromatic heterocycles. The van der Waals surface area contributed by atoms with E-state index in [1.54, 1.807) is 0 Å². The molecule has 1 aromatic rings. The molecule has 15 heavy (non-hydrogen) atoms. The van der Waals surface area contributed by atoms with Gasteiger partial charge >= 0.3 is 0 Å². The molecular formula is C13H18FN. The molecule has 0 radical (unpaired) electrons. The van der Waals surface area contributed by atoms with Gasteiger partial charge in [0.15, 0.2) is 0 Å². The Labute approximate surface area is 90.7 Å². The second-order valence-electron chi connectivity index (χ2n) is 4.37. The number of hydrogen-bond donors (Lipinski definition) is 1. The number of alkyl halides is 1. The van der Waals surface area contributed by atoms with E-state index in [9.17, 15) is 4.39 Å². The average Bonchev–Trinajstić information content (AvgIpc) is 2.30. The molecule has 0 saturated carbocycles. The first-order valence-electron chi connectivity index (χ1n) is 5.65. The SMILES string of the molecule is Cc1ccccc1C1CCNCC1CF. The average molecular weight is 207 g/mol. The Morgan fingerprint density at radius 3 is 2.93 bits per heavy atom. The third-order valence-corrected chi connectivity index (χ3v) is 3.39. The van der Waals surface area contributed by atoms with Gasteiger partial charge in [-0.1, -0.05) is 24.3 Å². The molecule has 1 nitrogen and oxygen atoms in total. The van der Waals surface area contributed by atoms with Crippen LogP contribution in [0.3, 0.4) is 0 Å². The summed E-state index contributed by atoms with van der Waals surface area (Å²) in [4.78, 5) is 0. The van der Waals surface area contributed by atoms with Gasteiger partial charge in [-0.15, -0.1) is 0 Å². The lowest BCUT2D eigenvalue weighted by atomic mass is 9.80. The standard InChI is InChI=1S/C13H18FN/c1-10-4-2-3-5-12(10)13-6-7-15-9-11(13)8-14/h2-5,11,13,15H,6-9H2,1H3. The molecule has 1 aliphatic heterocycles. The Hall–Kier alpha value is -0.890. The zero-order chi connectivity index (χ0) is 10.7. The van der Waals surface area contributed by atoms with E-state index < -0.39 is 0 Å². The van der Waals surface area contributed by atoms with Crippen LogP contribution in [-0.4, -0.2) is 19.8 Å². The highest BCUT2D eigenvalue weighted by molar-refractivity contribution is 5.30. The molecule has 1 saturated heterocycles. The molecule has 82 valence electrons. The van der Waals surface area contributed by atoms with Crippen LogP contribution in [0, 0.1) is 12.8 Å². The van der Waals surface area contributed by atoms with Gasteiger partial charge in [0.05, 0.1) is 6.67 Å². The maximum Gasteiger partial charge on any atom is 0.0940 e. The van der Waals surface area contributed by atoms with Gasteiger partial charge in [0.25, 0.3) is 0 Å². The van der Waals surface area contributed by atoms with Crippen molar-refractivity contribution in [2.24, 2.45) is 5.92 Å². The van der Waals surface area contributed by atoms with Crippen molar-refractivity contribution in [3.8, 4) is 0 Å². The minimum Gasteiger partial charge on any atom is -0.316 e. The summed E-state index contributed by atoms with van der Waals surface area (Å²) < 4.78 is 12.9. The van der Waals surface area contributed by atoms with Gasteiger partial charge in [-0.3, -0.25) is 4.39 Å². The fraction of sp³-hybridized carbons (Fsp3) is 0.538. The monoisotopic (exact) mass is 207 g/mol. The van der Waals surface area contributed by atoms with Gasteiger partial charge in [0.2, 0.25) is 0 Å². The number of nitrogens with one attached hydrogen (secondary N) is 1. The molecular weight excluding hydrogens is 189 g/mol. The summed E-state index contributed by atoms with van der Waals surface area (Å²) in [7, 11) is 0. The molecule has 1 aromatic carbocycles. The second-order valence-corrected chi connectivity index (χ2v) is 4.37. The Bertz CT molecular complexity index is 324. The molecule has 0 aliphatic carbocycles. The van der Waals surface area contributed by atoms with Gasteiger partial charge < -0.3 is 5.32 Å². The first-order valence-corrected chi connectivity index (χ1v) is 5.65. The molecule has 0 bridgehead atoms. The molecule has 0 spiro atoms. The van der Waals surface area contributed by atoms with Gasteiger partial charge in [0, 0.05) is 12.5 Å². The number of aryl methyl sites for hydroxylation is 1. The fourth-order valence-corrected chi connectivity index (χ4v) is 2.50. The molecule has 2 unspecified atom stereocenters. The maximum absolute atomic E-state index is 12.9. The number of rotatable bonds is 2. The molecule has 2 heteroatoms. The largest absolute Gasteiger partial charge is 0.316 e. The van der Waals surface area contributed by atoms with Crippen LogP contribution in [0.2, 0.25) is 0 Å². The summed E-state index contributed by atoms with van der Waals surface area (Å²) in [6, 6.07) is 8.37. The first-order chi connectivity index (χ1) is 7.33. The normalized spacial score (nSPS) is 26.5. The van der Waals surface area contributed by atoms with Crippen LogP contribution in [0.4, 0.5) is 4.39 Å². The Morgan fingerprint density at radius 1 is 1.40 bits per heavy atom. The lowest BCUT2D eigenvalue weighted by Gasteiger charge is -2.31. The van der Waals surface area contributed by atoms with Crippen molar-refractivity contribution in [1.29, 1.82) is 0 Å². The van der Waals surface area contributed by atoms with Crippen LogP contribution in [0.15, 0.2) is 24.3 Å². The Morgan fingerprint density at radius 2 is 2.20 bits per heavy atom. The summed E-state index contributed by atoms with van der Waals surface area (Å²) in [5, 5.41) is 3.26. The summed E-state index contributed by atoms with van der Waals surface area (Å²) in [5.41, 5.74) is 2.63. The zero-order valence-corrected chi connectivity index (χ0v) is 9.17. The van der Waals surface area contributed by atoms with Crippen molar-refractivity contribution in [2.75, 3.05) is 19.8 Å². The number of hydrogen-bond acceptors (Lipinski definition) is 1. The summed E-state index contributed by atoms with van der Waals surface area (Å²) in [5.74, 6) is 0.553. The second kappa shape index (κ2) is 4.75. The van der Waals surface area contributed by atoms with E-state index in [0.29, 0.717) is 5.92 Å². The Balaban J connectivity index is 2.24. The van der Waals surface area contributed by atoms with Crippen LogP contribution in [0.1, 0.15) is 23.5 Å². The highest BCUT2D eigenvalue weighted by Gasteiger charge is 2.26. The topological polar surface area (TPSA) is 12.0 Å². The van der Waals surface area contributed by atoms with Crippen molar-refractivity contribution in [3.05, 3.63) is 35.4 Å². The maximum atomic E-state index is 12.9. The smallest absolute Gasteiger partial charge is 0.0940 e. The molecule has 1 fully saturated rings. The molecule has 0 amide bonds. The van der Waals surface area contributed by atoms with Gasteiger partial charge in [0.1, 0.15) is 0 Å². The van der Waals surface area contributed by atoms with Crippen molar-refractivity contribution < 1.29 is 4.39 Å². The number of halogens is 1. The summed E-state index contributed by atoms with van der Waals surface area (Å²) in [6.45, 7) is 3.73. The van der Waals surface area contributed by atoms with Crippen LogP contribution < -0.4 is 5.32 Å². The lowest BCUT2D eigenvalue weighted by molar-refractivity contribution is 0.260. The van der Waals surface area contributed by atoms with Crippen molar-refractivity contribution in [2.45, 2.75) is 19.3 Å². The molecule has 1 aliphatic rings. The molecule has 1 N–H and O–H groups in total. The quantitative estimate of drug-likeness (QED) is 0.786. The minimum atomic E-state index is -0.216. The van der Waals surface area contributed by atoms with Crippen molar-refractivity contribution in [3.63, 3.8) is 0 Å². The zero-order valence-electron chi connectivity index (χ0n) is 9.17. The van der Waals surface area contributed by atoms with Crippen LogP contribution in [-0.2, 0) is 0 Å². The predicted octanol–water partition coefficient (Wildman–Crippen LogP) is 2.66. The number of benzene rings is 1. The highest BCUT2D eigenvalue weighted by Crippen LogP contribution is 2.32. The van der Waals surface area contributed by atoms with E-state index in [0.717, 1.165) is 19.5 Å². The lowest BCUT2D eigenvalue weighted by Crippen LogP contribution is -2.36. The van der Waals surface area contributed by atoms with Crippen LogP contribution in [0.5, 0.6) is 0 Å². The van der Waals surface area contributed by atoms with Crippen LogP contribution >= 0.6 is 0 Å². The van der Waals surface area contributed by atoms with Crippen molar-refractivity contribution >= 4 is 0 Å². The third-order valence-electron chi connectivity index (χ3n) is 3.39. The number of piperidine rings is 1. The molecule has 1 heterocycles. The van der Waals surface area contributed by atoms with Crippen LogP contribution in [0.25, 0.3) is 0 Å². The molecule has 2 rings (SSSR count). The predicted molar refractivity (Wildman–Crippen MR) is 60.9 cm³/mol. The van der Waals surface area contributed by atoms with E-state index >= 15 is 0 Å². The summed E-state index contributed by atoms with van der Waals surface area (Å²) in [6.07, 6.45) is 1.06. The highest BCUT2D eigenvalue weighted by atomic mass is 19.1. The first kappa shape index (κ1) is 10.6. The van der Waals surface area contributed by atoms with Gasteiger partial charge in [-0.2, -0.15) is 0 Å². The van der Waals surface area contributed by atoms with E-state index in [2.05, 4.69) is 30.4 Å². The summed E-state index contributed by atoms with van der Waals surface area (Å²) >= 11 is 0. The minimum absolute atomic E-state index is 0.153. The van der Waals surface area contributed by atoms with E-state index in [1.807, 2.05) is 6.07 Å².